The molecule has 0 radical (unpaired) electrons. The molecule has 10 nitrogen and oxygen atoms in total. The van der Waals surface area contributed by atoms with Gasteiger partial charge in [0.25, 0.3) is 0 Å². The number of carbonyl (C=O) groups is 2. The van der Waals surface area contributed by atoms with E-state index in [9.17, 15) is 18.0 Å². The van der Waals surface area contributed by atoms with Crippen molar-refractivity contribution >= 4 is 22.0 Å². The first-order valence-electron chi connectivity index (χ1n) is 10.9. The third-order valence-corrected chi connectivity index (χ3v) is 8.14. The second-order valence-corrected chi connectivity index (χ2v) is 10.2. The minimum absolute atomic E-state index is 0.0166. The van der Waals surface area contributed by atoms with Gasteiger partial charge in [0.15, 0.2) is 11.5 Å². The molecule has 1 N–H and O–H groups in total. The van der Waals surface area contributed by atoms with E-state index in [0.29, 0.717) is 63.5 Å². The zero-order valence-electron chi connectivity index (χ0n) is 18.1. The van der Waals surface area contributed by atoms with Crippen LogP contribution in [0.2, 0.25) is 0 Å². The van der Waals surface area contributed by atoms with Crippen molar-refractivity contribution in [3.63, 3.8) is 0 Å². The molecule has 0 atom stereocenters. The molecule has 0 bridgehead atoms. The lowest BCUT2D eigenvalue weighted by Gasteiger charge is -2.34. The van der Waals surface area contributed by atoms with E-state index in [0.717, 1.165) is 0 Å². The largest absolute Gasteiger partial charge is 0.486 e. The highest BCUT2D eigenvalue weighted by molar-refractivity contribution is 7.89. The van der Waals surface area contributed by atoms with E-state index in [1.54, 1.807) is 11.0 Å². The molecule has 3 aliphatic rings. The minimum Gasteiger partial charge on any atom is -0.486 e. The molecule has 1 aromatic rings. The van der Waals surface area contributed by atoms with Crippen LogP contribution in [0.1, 0.15) is 25.7 Å². The molecule has 0 aliphatic carbocycles. The second kappa shape index (κ2) is 9.53. The number of carbonyl (C=O) groups excluding carboxylic acids is 2. The summed E-state index contributed by atoms with van der Waals surface area (Å²) in [5, 5.41) is 3.07. The number of nitrogens with one attached hydrogen (secondary N) is 1. The van der Waals surface area contributed by atoms with Gasteiger partial charge in [-0.1, -0.05) is 0 Å². The van der Waals surface area contributed by atoms with Gasteiger partial charge in [-0.25, -0.2) is 13.2 Å². The molecule has 0 spiro atoms. The first kappa shape index (κ1) is 22.7. The maximum Gasteiger partial charge on any atom is 0.409 e. The molecule has 0 unspecified atom stereocenters. The maximum atomic E-state index is 13.1. The molecule has 4 rings (SSSR count). The van der Waals surface area contributed by atoms with Crippen LogP contribution in [0.25, 0.3) is 0 Å². The molecule has 1 aromatic carbocycles. The summed E-state index contributed by atoms with van der Waals surface area (Å²) in [6.07, 6.45) is 1.95. The fourth-order valence-corrected chi connectivity index (χ4v) is 5.83. The van der Waals surface area contributed by atoms with Crippen molar-refractivity contribution in [3.8, 4) is 11.5 Å². The van der Waals surface area contributed by atoms with Crippen LogP contribution in [-0.2, 0) is 19.6 Å². The summed E-state index contributed by atoms with van der Waals surface area (Å²) >= 11 is 0. The number of fused-ring (bicyclic) bond motifs is 1. The van der Waals surface area contributed by atoms with Gasteiger partial charge in [-0.05, 0) is 37.8 Å². The number of amides is 2. The number of piperidine rings is 2. The minimum atomic E-state index is -3.67. The molecule has 176 valence electrons. The van der Waals surface area contributed by atoms with Crippen LogP contribution in [0.3, 0.4) is 0 Å². The van der Waals surface area contributed by atoms with Gasteiger partial charge < -0.3 is 24.4 Å². The summed E-state index contributed by atoms with van der Waals surface area (Å²) in [6, 6.07) is 4.67. The van der Waals surface area contributed by atoms with E-state index >= 15 is 0 Å². The van der Waals surface area contributed by atoms with E-state index in [1.807, 2.05) is 0 Å². The molecule has 0 aromatic heterocycles. The Labute approximate surface area is 187 Å². The Balaban J connectivity index is 1.29. The van der Waals surface area contributed by atoms with E-state index in [2.05, 4.69) is 5.32 Å². The highest BCUT2D eigenvalue weighted by atomic mass is 32.2. The highest BCUT2D eigenvalue weighted by Crippen LogP contribution is 2.34. The number of benzene rings is 1. The summed E-state index contributed by atoms with van der Waals surface area (Å²) in [5.41, 5.74) is 0. The van der Waals surface area contributed by atoms with E-state index in [1.165, 1.54) is 23.5 Å². The van der Waals surface area contributed by atoms with Crippen molar-refractivity contribution in [2.24, 2.45) is 5.92 Å². The van der Waals surface area contributed by atoms with Gasteiger partial charge in [-0.3, -0.25) is 4.79 Å². The van der Waals surface area contributed by atoms with Gasteiger partial charge in [-0.2, -0.15) is 4.31 Å². The number of rotatable bonds is 4. The van der Waals surface area contributed by atoms with Crippen molar-refractivity contribution < 1.29 is 32.2 Å². The molecule has 11 heteroatoms. The number of nitrogens with zero attached hydrogens (tertiary/aromatic N) is 2. The summed E-state index contributed by atoms with van der Waals surface area (Å²) in [7, 11) is -2.31. The van der Waals surface area contributed by atoms with Gasteiger partial charge in [0.2, 0.25) is 15.9 Å². The summed E-state index contributed by atoms with van der Waals surface area (Å²) in [4.78, 5) is 26.1. The Morgan fingerprint density at radius 1 is 1.00 bits per heavy atom. The summed E-state index contributed by atoms with van der Waals surface area (Å²) < 4.78 is 43.2. The molecule has 3 heterocycles. The lowest BCUT2D eigenvalue weighted by atomic mass is 9.96. The van der Waals surface area contributed by atoms with Gasteiger partial charge in [0, 0.05) is 44.2 Å². The fraction of sp³-hybridized carbons (Fsp3) is 0.619. The average Bonchev–Trinajstić information content (AvgIpc) is 2.83. The monoisotopic (exact) mass is 467 g/mol. The zero-order chi connectivity index (χ0) is 22.7. The van der Waals surface area contributed by atoms with Crippen LogP contribution in [0.4, 0.5) is 4.79 Å². The standard InChI is InChI=1S/C21H29N3O7S/c1-29-21(26)23-8-6-16(7-9-23)22-20(25)15-4-10-24(11-5-15)32(27,28)17-2-3-18-19(14-17)31-13-12-30-18/h2-3,14-16H,4-13H2,1H3,(H,22,25). The summed E-state index contributed by atoms with van der Waals surface area (Å²) in [5.74, 6) is 0.714. The van der Waals surface area contributed by atoms with E-state index < -0.39 is 10.0 Å². The Bertz CT molecular complexity index is 952. The van der Waals surface area contributed by atoms with Crippen LogP contribution < -0.4 is 14.8 Å². The fourth-order valence-electron chi connectivity index (χ4n) is 4.35. The molecule has 2 saturated heterocycles. The summed E-state index contributed by atoms with van der Waals surface area (Å²) in [6.45, 7) is 2.50. The van der Waals surface area contributed by atoms with Crippen LogP contribution in [0, 0.1) is 5.92 Å². The van der Waals surface area contributed by atoms with Crippen molar-refractivity contribution in [2.75, 3.05) is 46.5 Å². The molecule has 2 fully saturated rings. The number of ether oxygens (including phenoxy) is 3. The van der Waals surface area contributed by atoms with Crippen molar-refractivity contribution in [2.45, 2.75) is 36.6 Å². The lowest BCUT2D eigenvalue weighted by Crippen LogP contribution is -2.49. The predicted octanol–water partition coefficient (Wildman–Crippen LogP) is 1.21. The maximum absolute atomic E-state index is 13.1. The van der Waals surface area contributed by atoms with E-state index in [-0.39, 0.29) is 41.9 Å². The van der Waals surface area contributed by atoms with Crippen LogP contribution >= 0.6 is 0 Å². The first-order valence-corrected chi connectivity index (χ1v) is 12.4. The topological polar surface area (TPSA) is 114 Å². The Kier molecular flexibility index (Phi) is 6.75. The van der Waals surface area contributed by atoms with Crippen LogP contribution in [0.15, 0.2) is 23.1 Å². The number of hydrogen-bond donors (Lipinski definition) is 1. The second-order valence-electron chi connectivity index (χ2n) is 8.22. The van der Waals surface area contributed by atoms with E-state index in [4.69, 9.17) is 14.2 Å². The molecule has 32 heavy (non-hydrogen) atoms. The molecule has 2 amide bonds. The Hall–Kier alpha value is -2.53. The van der Waals surface area contributed by atoms with Gasteiger partial charge in [-0.15, -0.1) is 0 Å². The smallest absolute Gasteiger partial charge is 0.409 e. The quantitative estimate of drug-likeness (QED) is 0.708. The van der Waals surface area contributed by atoms with Gasteiger partial charge in [0.05, 0.1) is 12.0 Å². The average molecular weight is 468 g/mol. The first-order chi connectivity index (χ1) is 15.4. The molecular formula is C21H29N3O7S. The number of methoxy groups -OCH3 is 1. The Morgan fingerprint density at radius 2 is 1.66 bits per heavy atom. The molecular weight excluding hydrogens is 438 g/mol. The van der Waals surface area contributed by atoms with Crippen LogP contribution in [-0.4, -0.2) is 82.2 Å². The number of hydrogen-bond acceptors (Lipinski definition) is 7. The van der Waals surface area contributed by atoms with Crippen LogP contribution in [0.5, 0.6) is 11.5 Å². The van der Waals surface area contributed by atoms with Gasteiger partial charge >= 0.3 is 6.09 Å². The normalized spacial score (nSPS) is 20.6. The third kappa shape index (κ3) is 4.78. The third-order valence-electron chi connectivity index (χ3n) is 6.25. The van der Waals surface area contributed by atoms with Crippen molar-refractivity contribution in [3.05, 3.63) is 18.2 Å². The Morgan fingerprint density at radius 3 is 2.31 bits per heavy atom. The van der Waals surface area contributed by atoms with Crippen molar-refractivity contribution in [1.29, 1.82) is 0 Å². The number of likely N-dealkylation sites (tertiary alicyclic amines) is 1. The lowest BCUT2D eigenvalue weighted by molar-refractivity contribution is -0.127. The highest BCUT2D eigenvalue weighted by Gasteiger charge is 2.34. The van der Waals surface area contributed by atoms with Crippen molar-refractivity contribution in [1.82, 2.24) is 14.5 Å². The number of sulfonamides is 1. The van der Waals surface area contributed by atoms with Gasteiger partial charge in [0.1, 0.15) is 13.2 Å². The zero-order valence-corrected chi connectivity index (χ0v) is 18.9. The molecule has 3 aliphatic heterocycles. The predicted molar refractivity (Wildman–Crippen MR) is 114 cm³/mol. The SMILES string of the molecule is COC(=O)N1CCC(NC(=O)C2CCN(S(=O)(=O)c3ccc4c(c3)OCCO4)CC2)CC1. The molecule has 0 saturated carbocycles.